The van der Waals surface area contributed by atoms with Gasteiger partial charge in [0.2, 0.25) is 0 Å². The second-order valence-corrected chi connectivity index (χ2v) is 6.45. The van der Waals surface area contributed by atoms with Crippen LogP contribution < -0.4 is 5.32 Å². The second kappa shape index (κ2) is 7.53. The monoisotopic (exact) mass is 342 g/mol. The Morgan fingerprint density at radius 2 is 1.92 bits per heavy atom. The number of hydrogen-bond donors (Lipinski definition) is 3. The maximum atomic E-state index is 9.74. The number of aromatic hydroxyl groups is 2. The van der Waals surface area contributed by atoms with Crippen LogP contribution in [-0.2, 0) is 6.42 Å². The fourth-order valence-corrected chi connectivity index (χ4v) is 3.48. The number of phenolic OH excluding ortho intramolecular Hbond substituents is 2. The van der Waals surface area contributed by atoms with E-state index in [4.69, 9.17) is 12.2 Å². The van der Waals surface area contributed by atoms with Crippen LogP contribution in [0.5, 0.6) is 11.5 Å². The van der Waals surface area contributed by atoms with E-state index in [0.717, 1.165) is 43.0 Å². The molecule has 1 fully saturated rings. The van der Waals surface area contributed by atoms with Gasteiger partial charge in [-0.15, -0.1) is 0 Å². The van der Waals surface area contributed by atoms with E-state index in [-0.39, 0.29) is 17.5 Å². The van der Waals surface area contributed by atoms with Crippen LogP contribution in [0.3, 0.4) is 0 Å². The van der Waals surface area contributed by atoms with Crippen LogP contribution in [0.1, 0.15) is 30.0 Å². The number of thiocarbonyl (C=S) groups is 1. The molecule has 1 heterocycles. The van der Waals surface area contributed by atoms with Gasteiger partial charge in [0.15, 0.2) is 16.6 Å². The fraction of sp³-hybridized carbons (Fsp3) is 0.316. The Morgan fingerprint density at radius 1 is 1.12 bits per heavy atom. The van der Waals surface area contributed by atoms with Gasteiger partial charge in [-0.05, 0) is 54.7 Å². The highest BCUT2D eigenvalue weighted by molar-refractivity contribution is 7.80. The molecule has 0 aromatic heterocycles. The zero-order chi connectivity index (χ0) is 16.9. The minimum atomic E-state index is -0.0909. The van der Waals surface area contributed by atoms with Gasteiger partial charge in [0, 0.05) is 13.1 Å². The van der Waals surface area contributed by atoms with Crippen molar-refractivity contribution in [3.8, 4) is 11.5 Å². The molecule has 5 heteroatoms. The maximum absolute atomic E-state index is 9.74. The number of phenols is 2. The zero-order valence-electron chi connectivity index (χ0n) is 13.5. The molecule has 3 rings (SSSR count). The van der Waals surface area contributed by atoms with Crippen LogP contribution in [0.2, 0.25) is 0 Å². The quantitative estimate of drug-likeness (QED) is 0.588. The Hall–Kier alpha value is -2.27. The lowest BCUT2D eigenvalue weighted by atomic mass is 10.0. The number of nitrogens with one attached hydrogen (secondary N) is 1. The molecule has 0 amide bonds. The molecule has 0 radical (unpaired) electrons. The van der Waals surface area contributed by atoms with E-state index in [0.29, 0.717) is 0 Å². The molecule has 1 saturated heterocycles. The number of benzene rings is 2. The molecule has 0 saturated carbocycles. The highest BCUT2D eigenvalue weighted by atomic mass is 32.1. The Bertz CT molecular complexity index is 706. The average molecular weight is 342 g/mol. The molecule has 0 aliphatic carbocycles. The zero-order valence-corrected chi connectivity index (χ0v) is 14.3. The van der Waals surface area contributed by atoms with Gasteiger partial charge < -0.3 is 20.4 Å². The fourth-order valence-electron chi connectivity index (χ4n) is 3.16. The number of rotatable bonds is 4. The number of likely N-dealkylation sites (tertiary alicyclic amines) is 1. The first-order valence-electron chi connectivity index (χ1n) is 8.25. The molecule has 0 spiro atoms. The van der Waals surface area contributed by atoms with E-state index in [1.54, 1.807) is 6.07 Å². The van der Waals surface area contributed by atoms with Crippen molar-refractivity contribution in [2.24, 2.45) is 0 Å². The van der Waals surface area contributed by atoms with E-state index < -0.39 is 0 Å². The summed E-state index contributed by atoms with van der Waals surface area (Å²) in [4.78, 5) is 2.17. The molecule has 1 aliphatic rings. The minimum Gasteiger partial charge on any atom is -0.504 e. The van der Waals surface area contributed by atoms with Crippen molar-refractivity contribution in [1.82, 2.24) is 10.2 Å². The van der Waals surface area contributed by atoms with Crippen LogP contribution in [0, 0.1) is 0 Å². The van der Waals surface area contributed by atoms with Gasteiger partial charge in [-0.1, -0.05) is 36.4 Å². The lowest BCUT2D eigenvalue weighted by Gasteiger charge is -2.28. The molecule has 2 aromatic rings. The molecular weight excluding hydrogens is 320 g/mol. The molecule has 24 heavy (non-hydrogen) atoms. The molecule has 0 bridgehead atoms. The van der Waals surface area contributed by atoms with Gasteiger partial charge in [0.05, 0.1) is 6.04 Å². The molecule has 3 N–H and O–H groups in total. The van der Waals surface area contributed by atoms with Gasteiger partial charge in [-0.25, -0.2) is 0 Å². The van der Waals surface area contributed by atoms with Crippen molar-refractivity contribution in [2.75, 3.05) is 13.1 Å². The topological polar surface area (TPSA) is 55.7 Å². The Kier molecular flexibility index (Phi) is 5.20. The lowest BCUT2D eigenvalue weighted by Crippen LogP contribution is -2.40. The standard InChI is InChI=1S/C19H22N2O2S/c22-17-9-8-15(13-18(17)23)16-7-4-12-21(16)19(24)20-11-10-14-5-2-1-3-6-14/h1-3,5-6,8-9,13,16,22-23H,4,7,10-12H2,(H,20,24). The summed E-state index contributed by atoms with van der Waals surface area (Å²) in [6.45, 7) is 1.70. The molecule has 1 atom stereocenters. The first-order valence-corrected chi connectivity index (χ1v) is 8.66. The Balaban J connectivity index is 1.60. The SMILES string of the molecule is Oc1ccc(C2CCCN2C(=S)NCCc2ccccc2)cc1O. The van der Waals surface area contributed by atoms with Crippen LogP contribution in [0.25, 0.3) is 0 Å². The Labute approximate surface area is 147 Å². The predicted octanol–water partition coefficient (Wildman–Crippen LogP) is 3.35. The number of nitrogens with zero attached hydrogens (tertiary/aromatic N) is 1. The van der Waals surface area contributed by atoms with Crippen molar-refractivity contribution in [2.45, 2.75) is 25.3 Å². The van der Waals surface area contributed by atoms with Crippen molar-refractivity contribution < 1.29 is 10.2 Å². The van der Waals surface area contributed by atoms with Crippen molar-refractivity contribution in [3.05, 3.63) is 59.7 Å². The summed E-state index contributed by atoms with van der Waals surface area (Å²) in [5.41, 5.74) is 2.27. The third-order valence-electron chi connectivity index (χ3n) is 4.43. The van der Waals surface area contributed by atoms with Crippen molar-refractivity contribution in [3.63, 3.8) is 0 Å². The van der Waals surface area contributed by atoms with E-state index in [9.17, 15) is 10.2 Å². The first-order chi connectivity index (χ1) is 11.6. The van der Waals surface area contributed by atoms with Crippen molar-refractivity contribution >= 4 is 17.3 Å². The first kappa shape index (κ1) is 16.6. The Morgan fingerprint density at radius 3 is 2.67 bits per heavy atom. The normalized spacial score (nSPS) is 17.0. The van der Waals surface area contributed by atoms with Crippen LogP contribution in [0.4, 0.5) is 0 Å². The third-order valence-corrected chi connectivity index (χ3v) is 4.81. The molecule has 1 unspecified atom stereocenters. The second-order valence-electron chi connectivity index (χ2n) is 6.07. The number of hydrogen-bond acceptors (Lipinski definition) is 3. The predicted molar refractivity (Wildman–Crippen MR) is 99.2 cm³/mol. The van der Waals surface area contributed by atoms with Gasteiger partial charge in [-0.2, -0.15) is 0 Å². The minimum absolute atomic E-state index is 0.0812. The highest BCUT2D eigenvalue weighted by Gasteiger charge is 2.28. The van der Waals surface area contributed by atoms with Crippen LogP contribution >= 0.6 is 12.2 Å². The van der Waals surface area contributed by atoms with E-state index in [2.05, 4.69) is 22.3 Å². The molecule has 1 aliphatic heterocycles. The maximum Gasteiger partial charge on any atom is 0.169 e. The summed E-state index contributed by atoms with van der Waals surface area (Å²) >= 11 is 5.57. The lowest BCUT2D eigenvalue weighted by molar-refractivity contribution is 0.383. The van der Waals surface area contributed by atoms with Crippen molar-refractivity contribution in [1.29, 1.82) is 0 Å². The van der Waals surface area contributed by atoms with Gasteiger partial charge in [0.25, 0.3) is 0 Å². The summed E-state index contributed by atoms with van der Waals surface area (Å²) < 4.78 is 0. The summed E-state index contributed by atoms with van der Waals surface area (Å²) in [7, 11) is 0. The van der Waals surface area contributed by atoms with Crippen LogP contribution in [0.15, 0.2) is 48.5 Å². The van der Waals surface area contributed by atoms with Crippen LogP contribution in [-0.4, -0.2) is 33.3 Å². The van der Waals surface area contributed by atoms with E-state index in [1.165, 1.54) is 11.6 Å². The van der Waals surface area contributed by atoms with Gasteiger partial charge in [-0.3, -0.25) is 0 Å². The average Bonchev–Trinajstić information content (AvgIpc) is 3.08. The van der Waals surface area contributed by atoms with E-state index >= 15 is 0 Å². The summed E-state index contributed by atoms with van der Waals surface area (Å²) in [5, 5.41) is 23.3. The van der Waals surface area contributed by atoms with Gasteiger partial charge >= 0.3 is 0 Å². The van der Waals surface area contributed by atoms with E-state index in [1.807, 2.05) is 24.3 Å². The largest absolute Gasteiger partial charge is 0.504 e. The smallest absolute Gasteiger partial charge is 0.169 e. The highest BCUT2D eigenvalue weighted by Crippen LogP contribution is 2.35. The molecule has 2 aromatic carbocycles. The summed E-state index contributed by atoms with van der Waals surface area (Å²) in [6.07, 6.45) is 2.98. The molecule has 126 valence electrons. The molecule has 4 nitrogen and oxygen atoms in total. The molecular formula is C19H22N2O2S. The third kappa shape index (κ3) is 3.79. The van der Waals surface area contributed by atoms with Gasteiger partial charge in [0.1, 0.15) is 0 Å². The summed E-state index contributed by atoms with van der Waals surface area (Å²) in [6, 6.07) is 15.5. The summed E-state index contributed by atoms with van der Waals surface area (Å²) in [5.74, 6) is -0.172.